The Labute approximate surface area is 147 Å². The summed E-state index contributed by atoms with van der Waals surface area (Å²) >= 11 is 0. The third kappa shape index (κ3) is 5.22. The Balaban J connectivity index is 2.09. The molecule has 0 radical (unpaired) electrons. The Hall–Kier alpha value is -1.58. The van der Waals surface area contributed by atoms with Crippen LogP contribution in [0.4, 0.5) is 5.95 Å². The van der Waals surface area contributed by atoms with E-state index in [1.807, 2.05) is 0 Å². The highest BCUT2D eigenvalue weighted by Gasteiger charge is 2.30. The molecule has 0 aliphatic carbocycles. The van der Waals surface area contributed by atoms with Crippen LogP contribution in [-0.2, 0) is 0 Å². The standard InChI is InChI=1S/C18H30N4OSi/c1-18(2,3)22-10-8-15(13-22)20-17-19-12-14(16(21-17)23-4)9-11-24(5,6)7/h12,15H,8,10,13H2,1-7H3,(H,19,20,21)/t15-/m1/s1. The second-order valence-corrected chi connectivity index (χ2v) is 13.1. The summed E-state index contributed by atoms with van der Waals surface area (Å²) in [6.45, 7) is 15.5. The molecule has 1 aliphatic rings. The van der Waals surface area contributed by atoms with Crippen molar-refractivity contribution in [2.45, 2.75) is 58.4 Å². The lowest BCUT2D eigenvalue weighted by Crippen LogP contribution is -2.40. The van der Waals surface area contributed by atoms with Gasteiger partial charge in [-0.05, 0) is 27.2 Å². The number of ether oxygens (including phenoxy) is 1. The number of hydrogen-bond donors (Lipinski definition) is 1. The van der Waals surface area contributed by atoms with Gasteiger partial charge in [0, 0.05) is 24.7 Å². The smallest absolute Gasteiger partial charge is 0.234 e. The molecule has 1 saturated heterocycles. The zero-order chi connectivity index (χ0) is 18.0. The molecule has 0 amide bonds. The van der Waals surface area contributed by atoms with Gasteiger partial charge in [-0.1, -0.05) is 25.6 Å². The zero-order valence-electron chi connectivity index (χ0n) is 16.0. The summed E-state index contributed by atoms with van der Waals surface area (Å²) in [5, 5.41) is 3.43. The Morgan fingerprint density at radius 3 is 2.58 bits per heavy atom. The van der Waals surface area contributed by atoms with Crippen molar-refractivity contribution in [2.24, 2.45) is 0 Å². The van der Waals surface area contributed by atoms with Gasteiger partial charge >= 0.3 is 0 Å². The Morgan fingerprint density at radius 2 is 2.04 bits per heavy atom. The van der Waals surface area contributed by atoms with E-state index in [1.165, 1.54) is 0 Å². The third-order valence-electron chi connectivity index (χ3n) is 3.99. The molecule has 2 rings (SSSR count). The van der Waals surface area contributed by atoms with E-state index in [0.29, 0.717) is 17.9 Å². The monoisotopic (exact) mass is 346 g/mol. The summed E-state index contributed by atoms with van der Waals surface area (Å²) in [5.41, 5.74) is 4.29. The highest BCUT2D eigenvalue weighted by Crippen LogP contribution is 2.23. The van der Waals surface area contributed by atoms with Crippen molar-refractivity contribution in [1.82, 2.24) is 14.9 Å². The number of nitrogens with one attached hydrogen (secondary N) is 1. The number of rotatable bonds is 3. The molecule has 1 N–H and O–H groups in total. The first-order valence-electron chi connectivity index (χ1n) is 8.54. The summed E-state index contributed by atoms with van der Waals surface area (Å²) in [4.78, 5) is 11.4. The van der Waals surface area contributed by atoms with Crippen LogP contribution >= 0.6 is 0 Å². The second-order valence-electron chi connectivity index (χ2n) is 8.36. The molecule has 1 atom stereocenters. The number of hydrogen-bond acceptors (Lipinski definition) is 5. The molecule has 1 aromatic rings. The maximum Gasteiger partial charge on any atom is 0.234 e. The minimum Gasteiger partial charge on any atom is -0.480 e. The lowest BCUT2D eigenvalue weighted by Gasteiger charge is -2.31. The minimum absolute atomic E-state index is 0.200. The Kier molecular flexibility index (Phi) is 5.56. The summed E-state index contributed by atoms with van der Waals surface area (Å²) in [6, 6.07) is 0.368. The van der Waals surface area contributed by atoms with E-state index in [4.69, 9.17) is 4.74 Å². The molecule has 1 fully saturated rings. The molecule has 0 bridgehead atoms. The average molecular weight is 347 g/mol. The van der Waals surface area contributed by atoms with E-state index in [9.17, 15) is 0 Å². The SMILES string of the molecule is COc1nc(N[C@@H]2CCN(C(C)(C)C)C2)ncc1C#C[Si](C)(C)C. The largest absolute Gasteiger partial charge is 0.480 e. The highest BCUT2D eigenvalue weighted by atomic mass is 28.3. The van der Waals surface area contributed by atoms with Gasteiger partial charge in [-0.2, -0.15) is 4.98 Å². The summed E-state index contributed by atoms with van der Waals surface area (Å²) in [5.74, 6) is 4.34. The van der Waals surface area contributed by atoms with Crippen LogP contribution in [0.3, 0.4) is 0 Å². The minimum atomic E-state index is -1.44. The topological polar surface area (TPSA) is 50.3 Å². The predicted molar refractivity (Wildman–Crippen MR) is 102 cm³/mol. The zero-order valence-corrected chi connectivity index (χ0v) is 17.0. The predicted octanol–water partition coefficient (Wildman–Crippen LogP) is 3.00. The van der Waals surface area contributed by atoms with Crippen LogP contribution in [0.2, 0.25) is 19.6 Å². The lowest BCUT2D eigenvalue weighted by atomic mass is 10.1. The normalized spacial score (nSPS) is 18.9. The molecule has 0 saturated carbocycles. The van der Waals surface area contributed by atoms with Gasteiger partial charge in [-0.25, -0.2) is 4.98 Å². The number of aromatic nitrogens is 2. The van der Waals surface area contributed by atoms with Crippen molar-refractivity contribution < 1.29 is 4.74 Å². The molecule has 132 valence electrons. The Bertz CT molecular complexity index is 637. The first-order valence-corrected chi connectivity index (χ1v) is 12.0. The van der Waals surface area contributed by atoms with Gasteiger partial charge in [0.15, 0.2) is 0 Å². The van der Waals surface area contributed by atoms with Crippen LogP contribution in [0.5, 0.6) is 5.88 Å². The number of likely N-dealkylation sites (tertiary alicyclic amines) is 1. The number of methoxy groups -OCH3 is 1. The molecule has 0 spiro atoms. The van der Waals surface area contributed by atoms with Gasteiger partial charge in [-0.15, -0.1) is 5.54 Å². The van der Waals surface area contributed by atoms with Crippen LogP contribution in [0.15, 0.2) is 6.20 Å². The summed E-state index contributed by atoms with van der Waals surface area (Å²) < 4.78 is 5.40. The van der Waals surface area contributed by atoms with Gasteiger partial charge in [-0.3, -0.25) is 4.90 Å². The van der Waals surface area contributed by atoms with Crippen LogP contribution in [0, 0.1) is 11.5 Å². The van der Waals surface area contributed by atoms with Gasteiger partial charge in [0.05, 0.1) is 13.3 Å². The van der Waals surface area contributed by atoms with E-state index < -0.39 is 8.07 Å². The van der Waals surface area contributed by atoms with Gasteiger partial charge < -0.3 is 10.1 Å². The summed E-state index contributed by atoms with van der Waals surface area (Å²) in [6.07, 6.45) is 2.86. The molecule has 6 heteroatoms. The first-order chi connectivity index (χ1) is 11.1. The lowest BCUT2D eigenvalue weighted by molar-refractivity contribution is 0.174. The molecule has 1 aliphatic heterocycles. The maximum absolute atomic E-state index is 5.40. The molecule has 0 aromatic carbocycles. The maximum atomic E-state index is 5.40. The van der Waals surface area contributed by atoms with Crippen molar-refractivity contribution in [3.8, 4) is 17.3 Å². The Morgan fingerprint density at radius 1 is 1.33 bits per heavy atom. The highest BCUT2D eigenvalue weighted by molar-refractivity contribution is 6.83. The first kappa shape index (κ1) is 18.8. The molecule has 2 heterocycles. The number of anilines is 1. The van der Waals surface area contributed by atoms with Crippen molar-refractivity contribution in [3.63, 3.8) is 0 Å². The molecular formula is C18H30N4OSi. The van der Waals surface area contributed by atoms with Crippen molar-refractivity contribution in [1.29, 1.82) is 0 Å². The van der Waals surface area contributed by atoms with E-state index in [1.54, 1.807) is 13.3 Å². The van der Waals surface area contributed by atoms with Crippen molar-refractivity contribution >= 4 is 14.0 Å². The van der Waals surface area contributed by atoms with Crippen LogP contribution < -0.4 is 10.1 Å². The second kappa shape index (κ2) is 7.12. The molecule has 1 aromatic heterocycles. The summed E-state index contributed by atoms with van der Waals surface area (Å²) in [7, 11) is 0.190. The van der Waals surface area contributed by atoms with Crippen LogP contribution in [0.1, 0.15) is 32.8 Å². The van der Waals surface area contributed by atoms with E-state index in [0.717, 1.165) is 25.1 Å². The average Bonchev–Trinajstić information content (AvgIpc) is 2.93. The molecule has 5 nitrogen and oxygen atoms in total. The van der Waals surface area contributed by atoms with Crippen molar-refractivity contribution in [3.05, 3.63) is 11.8 Å². The molecule has 24 heavy (non-hydrogen) atoms. The molecular weight excluding hydrogens is 316 g/mol. The van der Waals surface area contributed by atoms with Gasteiger partial charge in [0.2, 0.25) is 11.8 Å². The van der Waals surface area contributed by atoms with E-state index in [2.05, 4.69) is 72.1 Å². The van der Waals surface area contributed by atoms with Gasteiger partial charge in [0.1, 0.15) is 13.6 Å². The quantitative estimate of drug-likeness (QED) is 0.673. The van der Waals surface area contributed by atoms with E-state index >= 15 is 0 Å². The fourth-order valence-corrected chi connectivity index (χ4v) is 3.11. The van der Waals surface area contributed by atoms with Crippen LogP contribution in [0.25, 0.3) is 0 Å². The molecule has 0 unspecified atom stereocenters. The van der Waals surface area contributed by atoms with Crippen LogP contribution in [-0.4, -0.2) is 54.7 Å². The number of nitrogens with zero attached hydrogens (tertiary/aromatic N) is 3. The van der Waals surface area contributed by atoms with Gasteiger partial charge in [0.25, 0.3) is 0 Å². The van der Waals surface area contributed by atoms with Crippen molar-refractivity contribution in [2.75, 3.05) is 25.5 Å². The fourth-order valence-electron chi connectivity index (χ4n) is 2.60. The third-order valence-corrected chi connectivity index (χ3v) is 4.86. The fraction of sp³-hybridized carbons (Fsp3) is 0.667. The van der Waals surface area contributed by atoms with E-state index in [-0.39, 0.29) is 5.54 Å².